The van der Waals surface area contributed by atoms with Gasteiger partial charge in [-0.1, -0.05) is 58.4 Å². The van der Waals surface area contributed by atoms with E-state index in [2.05, 4.69) is 76.7 Å². The van der Waals surface area contributed by atoms with Crippen molar-refractivity contribution in [1.29, 1.82) is 0 Å². The minimum Gasteiger partial charge on any atom is -0.306 e. The molecule has 0 heterocycles. The van der Waals surface area contributed by atoms with E-state index >= 15 is 0 Å². The topological polar surface area (TPSA) is 12.0 Å². The normalized spacial score (nSPS) is 12.4. The Balaban J connectivity index is 1.92. The molecule has 17 heavy (non-hydrogen) atoms. The fourth-order valence-corrected chi connectivity index (χ4v) is 2.00. The van der Waals surface area contributed by atoms with Crippen LogP contribution < -0.4 is 5.32 Å². The maximum absolute atomic E-state index is 3.52. The minimum absolute atomic E-state index is 0.375. The van der Waals surface area contributed by atoms with E-state index in [1.54, 1.807) is 0 Å². The number of benzene rings is 2. The van der Waals surface area contributed by atoms with Crippen molar-refractivity contribution >= 4 is 15.9 Å². The smallest absolute Gasteiger partial charge is 0.0294 e. The molecule has 2 rings (SSSR count). The molecule has 88 valence electrons. The Kier molecular flexibility index (Phi) is 4.35. The van der Waals surface area contributed by atoms with Crippen LogP contribution in [0.3, 0.4) is 0 Å². The van der Waals surface area contributed by atoms with Crippen LogP contribution in [0.2, 0.25) is 0 Å². The molecule has 0 aromatic heterocycles. The van der Waals surface area contributed by atoms with E-state index in [0.717, 1.165) is 11.0 Å². The minimum atomic E-state index is 0.375. The zero-order valence-corrected chi connectivity index (χ0v) is 11.4. The molecular weight excluding hydrogens is 274 g/mol. The van der Waals surface area contributed by atoms with Gasteiger partial charge in [-0.25, -0.2) is 0 Å². The molecule has 0 bridgehead atoms. The highest BCUT2D eigenvalue weighted by molar-refractivity contribution is 9.10. The summed E-state index contributed by atoms with van der Waals surface area (Å²) in [6.45, 7) is 3.08. The summed E-state index contributed by atoms with van der Waals surface area (Å²) in [4.78, 5) is 0. The van der Waals surface area contributed by atoms with Crippen molar-refractivity contribution in [3.63, 3.8) is 0 Å². The maximum atomic E-state index is 3.52. The highest BCUT2D eigenvalue weighted by Gasteiger charge is 2.03. The lowest BCUT2D eigenvalue weighted by molar-refractivity contribution is 0.575. The van der Waals surface area contributed by atoms with Gasteiger partial charge in [0.25, 0.3) is 0 Å². The quantitative estimate of drug-likeness (QED) is 0.885. The third-order valence-corrected chi connectivity index (χ3v) is 3.35. The predicted molar refractivity (Wildman–Crippen MR) is 75.8 cm³/mol. The van der Waals surface area contributed by atoms with Crippen LogP contribution in [0.25, 0.3) is 0 Å². The Morgan fingerprint density at radius 2 is 1.65 bits per heavy atom. The van der Waals surface area contributed by atoms with E-state index in [1.807, 2.05) is 6.07 Å². The molecule has 2 aromatic rings. The number of nitrogens with one attached hydrogen (secondary N) is 1. The lowest BCUT2D eigenvalue weighted by Crippen LogP contribution is -2.17. The molecule has 1 N–H and O–H groups in total. The molecule has 2 heteroatoms. The lowest BCUT2D eigenvalue weighted by atomic mass is 10.1. The largest absolute Gasteiger partial charge is 0.306 e. The van der Waals surface area contributed by atoms with E-state index in [-0.39, 0.29) is 0 Å². The predicted octanol–water partition coefficient (Wildman–Crippen LogP) is 4.30. The van der Waals surface area contributed by atoms with Gasteiger partial charge in [0.05, 0.1) is 0 Å². The van der Waals surface area contributed by atoms with Crippen LogP contribution in [0.15, 0.2) is 59.1 Å². The number of halogens is 1. The summed E-state index contributed by atoms with van der Waals surface area (Å²) < 4.78 is 1.12. The highest BCUT2D eigenvalue weighted by Crippen LogP contribution is 2.14. The molecule has 0 fully saturated rings. The summed E-state index contributed by atoms with van der Waals surface area (Å²) in [6, 6.07) is 19.3. The molecule has 0 amide bonds. The lowest BCUT2D eigenvalue weighted by Gasteiger charge is -2.14. The van der Waals surface area contributed by atoms with E-state index in [9.17, 15) is 0 Å². The summed E-state index contributed by atoms with van der Waals surface area (Å²) in [5.74, 6) is 0. The first-order valence-corrected chi connectivity index (χ1v) is 6.58. The molecule has 0 saturated heterocycles. The second-order valence-electron chi connectivity index (χ2n) is 4.14. The standard InChI is InChI=1S/C15H16BrN/c1-12(14-5-3-2-4-6-14)17-11-13-7-9-15(16)10-8-13/h2-10,12,17H,11H2,1H3/t12-/m1/s1. The molecule has 2 aromatic carbocycles. The van der Waals surface area contributed by atoms with Crippen molar-refractivity contribution in [3.05, 3.63) is 70.2 Å². The maximum Gasteiger partial charge on any atom is 0.0294 e. The molecule has 1 nitrogen and oxygen atoms in total. The summed E-state index contributed by atoms with van der Waals surface area (Å²) >= 11 is 3.44. The van der Waals surface area contributed by atoms with Gasteiger partial charge in [-0.15, -0.1) is 0 Å². The second kappa shape index (κ2) is 5.99. The average Bonchev–Trinajstić information content (AvgIpc) is 2.39. The molecule has 0 aliphatic heterocycles. The van der Waals surface area contributed by atoms with Crippen LogP contribution in [-0.4, -0.2) is 0 Å². The van der Waals surface area contributed by atoms with Crippen molar-refractivity contribution in [2.75, 3.05) is 0 Å². The monoisotopic (exact) mass is 289 g/mol. The Labute approximate surface area is 111 Å². The zero-order chi connectivity index (χ0) is 12.1. The molecule has 0 aliphatic carbocycles. The van der Waals surface area contributed by atoms with E-state index < -0.39 is 0 Å². The molecule has 0 unspecified atom stereocenters. The van der Waals surface area contributed by atoms with Crippen LogP contribution in [0.1, 0.15) is 24.1 Å². The van der Waals surface area contributed by atoms with Crippen molar-refractivity contribution < 1.29 is 0 Å². The van der Waals surface area contributed by atoms with Crippen LogP contribution >= 0.6 is 15.9 Å². The third kappa shape index (κ3) is 3.69. The summed E-state index contributed by atoms with van der Waals surface area (Å²) in [6.07, 6.45) is 0. The Bertz CT molecular complexity index is 450. The van der Waals surface area contributed by atoms with Crippen LogP contribution in [0, 0.1) is 0 Å². The van der Waals surface area contributed by atoms with Crippen LogP contribution in [0.5, 0.6) is 0 Å². The summed E-state index contributed by atoms with van der Waals surface area (Å²) in [5, 5.41) is 3.52. The van der Waals surface area contributed by atoms with Crippen molar-refractivity contribution in [1.82, 2.24) is 5.32 Å². The van der Waals surface area contributed by atoms with Gasteiger partial charge in [-0.3, -0.25) is 0 Å². The van der Waals surface area contributed by atoms with Gasteiger partial charge in [0.2, 0.25) is 0 Å². The van der Waals surface area contributed by atoms with Crippen molar-refractivity contribution in [2.24, 2.45) is 0 Å². The van der Waals surface area contributed by atoms with E-state index in [0.29, 0.717) is 6.04 Å². The molecule has 0 radical (unpaired) electrons. The SMILES string of the molecule is C[C@@H](NCc1ccc(Br)cc1)c1ccccc1. The van der Waals surface area contributed by atoms with Crippen molar-refractivity contribution in [3.8, 4) is 0 Å². The summed E-state index contributed by atoms with van der Waals surface area (Å²) in [7, 11) is 0. The molecular formula is C15H16BrN. The first-order valence-electron chi connectivity index (χ1n) is 5.78. The van der Waals surface area contributed by atoms with Crippen molar-refractivity contribution in [2.45, 2.75) is 19.5 Å². The number of hydrogen-bond acceptors (Lipinski definition) is 1. The highest BCUT2D eigenvalue weighted by atomic mass is 79.9. The average molecular weight is 290 g/mol. The van der Waals surface area contributed by atoms with Crippen LogP contribution in [0.4, 0.5) is 0 Å². The first-order chi connectivity index (χ1) is 8.25. The Hall–Kier alpha value is -1.12. The second-order valence-corrected chi connectivity index (χ2v) is 5.06. The van der Waals surface area contributed by atoms with Gasteiger partial charge in [-0.05, 0) is 30.2 Å². The van der Waals surface area contributed by atoms with E-state index in [1.165, 1.54) is 11.1 Å². The van der Waals surface area contributed by atoms with Gasteiger partial charge >= 0.3 is 0 Å². The molecule has 0 saturated carbocycles. The van der Waals surface area contributed by atoms with Crippen LogP contribution in [-0.2, 0) is 6.54 Å². The number of hydrogen-bond donors (Lipinski definition) is 1. The van der Waals surface area contributed by atoms with Gasteiger partial charge < -0.3 is 5.32 Å². The van der Waals surface area contributed by atoms with Gasteiger partial charge in [0, 0.05) is 17.1 Å². The fourth-order valence-electron chi connectivity index (χ4n) is 1.73. The molecule has 0 spiro atoms. The Morgan fingerprint density at radius 3 is 2.29 bits per heavy atom. The fraction of sp³-hybridized carbons (Fsp3) is 0.200. The number of rotatable bonds is 4. The van der Waals surface area contributed by atoms with Gasteiger partial charge in [0.1, 0.15) is 0 Å². The zero-order valence-electron chi connectivity index (χ0n) is 9.86. The summed E-state index contributed by atoms with van der Waals surface area (Å²) in [5.41, 5.74) is 2.63. The molecule has 0 aliphatic rings. The van der Waals surface area contributed by atoms with Gasteiger partial charge in [-0.2, -0.15) is 0 Å². The molecule has 1 atom stereocenters. The first kappa shape index (κ1) is 12.3. The third-order valence-electron chi connectivity index (χ3n) is 2.83. The van der Waals surface area contributed by atoms with Gasteiger partial charge in [0.15, 0.2) is 0 Å². The van der Waals surface area contributed by atoms with E-state index in [4.69, 9.17) is 0 Å². The Morgan fingerprint density at radius 1 is 1.00 bits per heavy atom.